The zero-order valence-electron chi connectivity index (χ0n) is 17.2. The van der Waals surface area contributed by atoms with Gasteiger partial charge in [0.2, 0.25) is 0 Å². The van der Waals surface area contributed by atoms with Gasteiger partial charge in [-0.05, 0) is 59.8 Å². The van der Waals surface area contributed by atoms with Gasteiger partial charge in [0.05, 0.1) is 0 Å². The van der Waals surface area contributed by atoms with Crippen LogP contribution in [0.15, 0.2) is 48.5 Å². The third-order valence-electron chi connectivity index (χ3n) is 5.80. The molecule has 3 N–H and O–H groups in total. The third kappa shape index (κ3) is 5.35. The molecule has 2 amide bonds. The van der Waals surface area contributed by atoms with Crippen LogP contribution >= 0.6 is 0 Å². The zero-order valence-corrected chi connectivity index (χ0v) is 17.2. The Kier molecular flexibility index (Phi) is 7.10. The second-order valence-corrected chi connectivity index (χ2v) is 8.23. The minimum absolute atomic E-state index is 0.0227. The molecular weight excluding hydrogens is 346 g/mol. The van der Waals surface area contributed by atoms with E-state index in [0.29, 0.717) is 18.4 Å². The van der Waals surface area contributed by atoms with Gasteiger partial charge in [0.1, 0.15) is 0 Å². The highest BCUT2D eigenvalue weighted by Gasteiger charge is 2.21. The minimum Gasteiger partial charge on any atom is -0.338 e. The summed E-state index contributed by atoms with van der Waals surface area (Å²) < 4.78 is 0. The van der Waals surface area contributed by atoms with Crippen LogP contribution in [-0.2, 0) is 25.8 Å². The van der Waals surface area contributed by atoms with Crippen LogP contribution in [0.5, 0.6) is 0 Å². The predicted octanol–water partition coefficient (Wildman–Crippen LogP) is 3.77. The van der Waals surface area contributed by atoms with Gasteiger partial charge >= 0.3 is 6.03 Å². The van der Waals surface area contributed by atoms with Crippen molar-refractivity contribution < 1.29 is 4.79 Å². The molecule has 150 valence electrons. The summed E-state index contributed by atoms with van der Waals surface area (Å²) in [6.45, 7) is 4.23. The van der Waals surface area contributed by atoms with Gasteiger partial charge in [0.25, 0.3) is 0 Å². The molecule has 2 aromatic carbocycles. The van der Waals surface area contributed by atoms with E-state index in [1.807, 2.05) is 13.1 Å². The first-order valence-corrected chi connectivity index (χ1v) is 10.4. The Morgan fingerprint density at radius 1 is 1.11 bits per heavy atom. The molecule has 3 rings (SSSR count). The van der Waals surface area contributed by atoms with E-state index in [9.17, 15) is 4.79 Å². The number of benzene rings is 2. The van der Waals surface area contributed by atoms with Crippen LogP contribution in [-0.4, -0.2) is 31.1 Å². The molecule has 0 spiro atoms. The number of hydrogen-bond donors (Lipinski definition) is 2. The molecule has 1 atom stereocenters. The molecule has 1 aliphatic rings. The normalized spacial score (nSPS) is 14.5. The summed E-state index contributed by atoms with van der Waals surface area (Å²) in [5, 5.41) is 3.09. The third-order valence-corrected chi connectivity index (χ3v) is 5.80. The predicted molar refractivity (Wildman–Crippen MR) is 115 cm³/mol. The standard InChI is InChI=1S/C24H33N3O/c1-18(13-20-7-5-6-10-23(20)16-25)17-27(2)24(28)26-12-11-19-14-21-8-3-4-9-22(21)15-19/h3-10,18-19H,11-17,25H2,1-2H3,(H,26,28)/t18-/m0/s1. The van der Waals surface area contributed by atoms with Crippen molar-refractivity contribution in [3.8, 4) is 0 Å². The molecular formula is C24H33N3O. The van der Waals surface area contributed by atoms with Gasteiger partial charge in [-0.25, -0.2) is 4.79 Å². The topological polar surface area (TPSA) is 58.4 Å². The first kappa shape index (κ1) is 20.4. The second kappa shape index (κ2) is 9.74. The number of hydrogen-bond acceptors (Lipinski definition) is 2. The molecule has 0 unspecified atom stereocenters. The van der Waals surface area contributed by atoms with Crippen LogP contribution in [0.3, 0.4) is 0 Å². The monoisotopic (exact) mass is 379 g/mol. The van der Waals surface area contributed by atoms with Crippen molar-refractivity contribution in [1.82, 2.24) is 10.2 Å². The van der Waals surface area contributed by atoms with Crippen molar-refractivity contribution in [2.24, 2.45) is 17.6 Å². The fraction of sp³-hybridized carbons (Fsp3) is 0.458. The Bertz CT molecular complexity index is 764. The van der Waals surface area contributed by atoms with Gasteiger partial charge in [0.15, 0.2) is 0 Å². The van der Waals surface area contributed by atoms with Crippen LogP contribution in [0.25, 0.3) is 0 Å². The molecule has 28 heavy (non-hydrogen) atoms. The molecule has 4 heteroatoms. The summed E-state index contributed by atoms with van der Waals surface area (Å²) in [5.41, 5.74) is 11.3. The minimum atomic E-state index is 0.0227. The highest BCUT2D eigenvalue weighted by atomic mass is 16.2. The Balaban J connectivity index is 1.38. The molecule has 0 saturated heterocycles. The lowest BCUT2D eigenvalue weighted by molar-refractivity contribution is 0.201. The maximum atomic E-state index is 12.4. The van der Waals surface area contributed by atoms with E-state index in [0.717, 1.165) is 38.8 Å². The van der Waals surface area contributed by atoms with E-state index in [1.165, 1.54) is 22.3 Å². The number of nitrogens with two attached hydrogens (primary N) is 1. The molecule has 2 aromatic rings. The summed E-state index contributed by atoms with van der Waals surface area (Å²) in [7, 11) is 1.88. The van der Waals surface area contributed by atoms with Crippen molar-refractivity contribution in [3.05, 3.63) is 70.8 Å². The second-order valence-electron chi connectivity index (χ2n) is 8.23. The van der Waals surface area contributed by atoms with E-state index in [2.05, 4.69) is 54.7 Å². The number of nitrogens with one attached hydrogen (secondary N) is 1. The van der Waals surface area contributed by atoms with Crippen LogP contribution < -0.4 is 11.1 Å². The van der Waals surface area contributed by atoms with Gasteiger partial charge in [-0.3, -0.25) is 0 Å². The number of fused-ring (bicyclic) bond motifs is 1. The zero-order chi connectivity index (χ0) is 19.9. The highest BCUT2D eigenvalue weighted by Crippen LogP contribution is 2.28. The number of nitrogens with zero attached hydrogens (tertiary/aromatic N) is 1. The quantitative estimate of drug-likeness (QED) is 0.733. The average molecular weight is 380 g/mol. The maximum Gasteiger partial charge on any atom is 0.317 e. The van der Waals surface area contributed by atoms with Crippen LogP contribution in [0.1, 0.15) is 35.6 Å². The van der Waals surface area contributed by atoms with Crippen LogP contribution in [0.4, 0.5) is 4.79 Å². The maximum absolute atomic E-state index is 12.4. The van der Waals surface area contributed by atoms with Crippen molar-refractivity contribution >= 4 is 6.03 Å². The Hall–Kier alpha value is -2.33. The van der Waals surface area contributed by atoms with Crippen molar-refractivity contribution in [3.63, 3.8) is 0 Å². The van der Waals surface area contributed by atoms with E-state index in [-0.39, 0.29) is 6.03 Å². The Labute approximate surface area is 169 Å². The number of carbonyl (C=O) groups is 1. The highest BCUT2D eigenvalue weighted by molar-refractivity contribution is 5.73. The average Bonchev–Trinajstić information content (AvgIpc) is 3.11. The summed E-state index contributed by atoms with van der Waals surface area (Å²) in [5.74, 6) is 1.03. The Morgan fingerprint density at radius 2 is 1.71 bits per heavy atom. The smallest absolute Gasteiger partial charge is 0.317 e. The molecule has 0 bridgehead atoms. The van der Waals surface area contributed by atoms with E-state index in [1.54, 1.807) is 4.90 Å². The number of amides is 2. The van der Waals surface area contributed by atoms with Crippen molar-refractivity contribution in [1.29, 1.82) is 0 Å². The van der Waals surface area contributed by atoms with E-state index < -0.39 is 0 Å². The van der Waals surface area contributed by atoms with E-state index >= 15 is 0 Å². The molecule has 0 saturated carbocycles. The molecule has 1 aliphatic carbocycles. The Morgan fingerprint density at radius 3 is 2.36 bits per heavy atom. The summed E-state index contributed by atoms with van der Waals surface area (Å²) in [6.07, 6.45) is 4.25. The lowest BCUT2D eigenvalue weighted by Gasteiger charge is -2.23. The van der Waals surface area contributed by atoms with Gasteiger partial charge in [0, 0.05) is 26.7 Å². The summed E-state index contributed by atoms with van der Waals surface area (Å²) in [4.78, 5) is 14.2. The lowest BCUT2D eigenvalue weighted by atomic mass is 9.96. The number of rotatable bonds is 8. The molecule has 0 radical (unpaired) electrons. The van der Waals surface area contributed by atoms with Crippen LogP contribution in [0, 0.1) is 11.8 Å². The lowest BCUT2D eigenvalue weighted by Crippen LogP contribution is -2.40. The van der Waals surface area contributed by atoms with E-state index in [4.69, 9.17) is 5.73 Å². The van der Waals surface area contributed by atoms with Gasteiger partial charge in [-0.15, -0.1) is 0 Å². The number of urea groups is 1. The molecule has 0 aliphatic heterocycles. The fourth-order valence-corrected chi connectivity index (χ4v) is 4.32. The first-order chi connectivity index (χ1) is 13.6. The van der Waals surface area contributed by atoms with Gasteiger partial charge in [-0.1, -0.05) is 55.5 Å². The SMILES string of the molecule is C[C@@H](Cc1ccccc1CN)CN(C)C(=O)NCCC1Cc2ccccc2C1. The van der Waals surface area contributed by atoms with Gasteiger partial charge in [-0.2, -0.15) is 0 Å². The molecule has 0 fully saturated rings. The molecule has 4 nitrogen and oxygen atoms in total. The number of carbonyl (C=O) groups excluding carboxylic acids is 1. The van der Waals surface area contributed by atoms with Crippen molar-refractivity contribution in [2.75, 3.05) is 20.1 Å². The van der Waals surface area contributed by atoms with Crippen molar-refractivity contribution in [2.45, 2.75) is 39.2 Å². The van der Waals surface area contributed by atoms with Crippen LogP contribution in [0.2, 0.25) is 0 Å². The first-order valence-electron chi connectivity index (χ1n) is 10.4. The summed E-state index contributed by atoms with van der Waals surface area (Å²) >= 11 is 0. The molecule has 0 aromatic heterocycles. The summed E-state index contributed by atoms with van der Waals surface area (Å²) in [6, 6.07) is 17.0. The molecule has 0 heterocycles. The fourth-order valence-electron chi connectivity index (χ4n) is 4.32. The van der Waals surface area contributed by atoms with Gasteiger partial charge < -0.3 is 16.0 Å². The largest absolute Gasteiger partial charge is 0.338 e.